The number of hydrogen-bond donors (Lipinski definition) is 0. The molecule has 2 fully saturated rings. The fourth-order valence-electron chi connectivity index (χ4n) is 4.31. The number of benzene rings is 1. The lowest BCUT2D eigenvalue weighted by atomic mass is 9.70. The second-order valence-electron chi connectivity index (χ2n) is 6.35. The Morgan fingerprint density at radius 1 is 1.32 bits per heavy atom. The quantitative estimate of drug-likeness (QED) is 0.633. The number of ether oxygens (including phenoxy) is 1. The molecule has 0 amide bonds. The Hall–Kier alpha value is -1.68. The molecule has 2 aliphatic heterocycles. The average molecular weight is 301 g/mol. The summed E-state index contributed by atoms with van der Waals surface area (Å²) in [6, 6.07) is 10.5. The van der Waals surface area contributed by atoms with Crippen molar-refractivity contribution in [2.45, 2.75) is 51.2 Å². The van der Waals surface area contributed by atoms with E-state index >= 15 is 0 Å². The number of piperidine rings is 1. The summed E-state index contributed by atoms with van der Waals surface area (Å²) in [6.45, 7) is 2.72. The van der Waals surface area contributed by atoms with E-state index in [2.05, 4.69) is 17.0 Å². The first-order chi connectivity index (χ1) is 10.6. The molecule has 3 unspecified atom stereocenters. The smallest absolute Gasteiger partial charge is 0.320 e. The zero-order valence-electron chi connectivity index (χ0n) is 13.2. The first-order valence-corrected chi connectivity index (χ1v) is 8.05. The van der Waals surface area contributed by atoms with Crippen LogP contribution in [0, 0.1) is 5.41 Å². The number of fused-ring (bicyclic) bond motifs is 2. The number of carbonyl (C=O) groups is 2. The van der Waals surface area contributed by atoms with Crippen LogP contribution >= 0.6 is 0 Å². The number of esters is 1. The zero-order chi connectivity index (χ0) is 15.7. The number of ketones is 1. The Balaban J connectivity index is 1.93. The normalized spacial score (nSPS) is 31.3. The van der Waals surface area contributed by atoms with Gasteiger partial charge < -0.3 is 4.74 Å². The van der Waals surface area contributed by atoms with E-state index in [0.29, 0.717) is 12.8 Å². The Labute approximate surface area is 131 Å². The molecule has 3 atom stereocenters. The molecule has 4 nitrogen and oxygen atoms in total. The molecule has 3 rings (SSSR count). The van der Waals surface area contributed by atoms with E-state index in [1.807, 2.05) is 25.1 Å². The van der Waals surface area contributed by atoms with E-state index in [-0.39, 0.29) is 23.8 Å². The highest BCUT2D eigenvalue weighted by Crippen LogP contribution is 2.47. The van der Waals surface area contributed by atoms with Gasteiger partial charge >= 0.3 is 5.97 Å². The molecule has 2 saturated heterocycles. The summed E-state index contributed by atoms with van der Waals surface area (Å²) in [4.78, 5) is 27.5. The zero-order valence-corrected chi connectivity index (χ0v) is 13.2. The van der Waals surface area contributed by atoms with Crippen molar-refractivity contribution in [1.29, 1.82) is 0 Å². The topological polar surface area (TPSA) is 46.6 Å². The van der Waals surface area contributed by atoms with Gasteiger partial charge in [-0.15, -0.1) is 0 Å². The predicted molar refractivity (Wildman–Crippen MR) is 83.2 cm³/mol. The van der Waals surface area contributed by atoms with Crippen LogP contribution in [0.25, 0.3) is 0 Å². The van der Waals surface area contributed by atoms with Crippen LogP contribution in [-0.4, -0.2) is 35.8 Å². The monoisotopic (exact) mass is 301 g/mol. The van der Waals surface area contributed by atoms with Crippen molar-refractivity contribution in [1.82, 2.24) is 4.90 Å². The summed E-state index contributed by atoms with van der Waals surface area (Å²) in [5.41, 5.74) is 0.250. The number of hydrogen-bond acceptors (Lipinski definition) is 4. The Morgan fingerprint density at radius 2 is 2.05 bits per heavy atom. The molecule has 2 aliphatic rings. The third kappa shape index (κ3) is 2.17. The summed E-state index contributed by atoms with van der Waals surface area (Å²) in [5, 5.41) is 0. The third-order valence-corrected chi connectivity index (χ3v) is 5.45. The van der Waals surface area contributed by atoms with Gasteiger partial charge in [-0.25, -0.2) is 0 Å². The minimum atomic E-state index is -0.976. The van der Waals surface area contributed by atoms with Gasteiger partial charge in [0.1, 0.15) is 5.41 Å². The summed E-state index contributed by atoms with van der Waals surface area (Å²) < 4.78 is 5.02. The molecule has 0 aromatic heterocycles. The number of Topliss-reactive ketones (excluding diaryl/α,β-unsaturated/α-hetero) is 1. The van der Waals surface area contributed by atoms with Crippen molar-refractivity contribution in [3.63, 3.8) is 0 Å². The maximum Gasteiger partial charge on any atom is 0.320 e. The van der Waals surface area contributed by atoms with Gasteiger partial charge in [0.2, 0.25) is 0 Å². The molecule has 2 bridgehead atoms. The maximum atomic E-state index is 12.7. The highest BCUT2D eigenvalue weighted by molar-refractivity contribution is 6.05. The van der Waals surface area contributed by atoms with Gasteiger partial charge in [-0.1, -0.05) is 37.3 Å². The van der Waals surface area contributed by atoms with E-state index in [1.54, 1.807) is 0 Å². The fraction of sp³-hybridized carbons (Fsp3) is 0.556. The molecule has 2 heterocycles. The summed E-state index contributed by atoms with van der Waals surface area (Å²) in [6.07, 6.45) is 2.86. The highest BCUT2D eigenvalue weighted by atomic mass is 16.5. The van der Waals surface area contributed by atoms with E-state index in [1.165, 1.54) is 12.7 Å². The number of carbonyl (C=O) groups excluding carboxylic acids is 2. The second-order valence-corrected chi connectivity index (χ2v) is 6.35. The van der Waals surface area contributed by atoms with Crippen molar-refractivity contribution in [2.75, 3.05) is 7.11 Å². The summed E-state index contributed by atoms with van der Waals surface area (Å²) >= 11 is 0. The molecule has 4 heteroatoms. The van der Waals surface area contributed by atoms with Gasteiger partial charge in [0, 0.05) is 25.0 Å². The van der Waals surface area contributed by atoms with Gasteiger partial charge in [0.25, 0.3) is 0 Å². The second kappa shape index (κ2) is 5.84. The molecule has 118 valence electrons. The van der Waals surface area contributed by atoms with Crippen LogP contribution < -0.4 is 0 Å². The molecule has 1 aromatic rings. The molecule has 0 aliphatic carbocycles. The van der Waals surface area contributed by atoms with Gasteiger partial charge in [-0.2, -0.15) is 0 Å². The average Bonchev–Trinajstić information content (AvgIpc) is 2.85. The lowest BCUT2D eigenvalue weighted by Crippen LogP contribution is -2.59. The summed E-state index contributed by atoms with van der Waals surface area (Å²) in [5.74, 6) is -0.290. The number of rotatable bonds is 4. The van der Waals surface area contributed by atoms with E-state index in [9.17, 15) is 9.59 Å². The molecule has 0 N–H and O–H groups in total. The van der Waals surface area contributed by atoms with Crippen molar-refractivity contribution >= 4 is 11.8 Å². The molecule has 0 radical (unpaired) electrons. The Bertz CT molecular complexity index is 571. The SMILES string of the molecule is CCC1(C(=O)OC)C(=O)CC2CCC1N2Cc1ccccc1. The predicted octanol–water partition coefficient (Wildman–Crippen LogP) is 2.56. The Kier molecular flexibility index (Phi) is 4.04. The van der Waals surface area contributed by atoms with Crippen molar-refractivity contribution in [3.05, 3.63) is 35.9 Å². The number of nitrogens with zero attached hydrogens (tertiary/aromatic N) is 1. The maximum absolute atomic E-state index is 12.7. The molecule has 0 spiro atoms. The van der Waals surface area contributed by atoms with Crippen molar-refractivity contribution in [2.24, 2.45) is 5.41 Å². The van der Waals surface area contributed by atoms with E-state index in [4.69, 9.17) is 4.74 Å². The van der Waals surface area contributed by atoms with Gasteiger partial charge in [0.15, 0.2) is 5.78 Å². The van der Waals surface area contributed by atoms with Crippen LogP contribution in [0.15, 0.2) is 30.3 Å². The highest BCUT2D eigenvalue weighted by Gasteiger charge is 2.60. The van der Waals surface area contributed by atoms with E-state index < -0.39 is 5.41 Å². The van der Waals surface area contributed by atoms with Gasteiger partial charge in [-0.05, 0) is 24.8 Å². The number of methoxy groups -OCH3 is 1. The largest absolute Gasteiger partial charge is 0.468 e. The Morgan fingerprint density at radius 3 is 2.68 bits per heavy atom. The molecular weight excluding hydrogens is 278 g/mol. The van der Waals surface area contributed by atoms with Gasteiger partial charge in [-0.3, -0.25) is 14.5 Å². The van der Waals surface area contributed by atoms with Crippen molar-refractivity contribution < 1.29 is 14.3 Å². The summed E-state index contributed by atoms with van der Waals surface area (Å²) in [7, 11) is 1.38. The van der Waals surface area contributed by atoms with Crippen LogP contribution in [0.5, 0.6) is 0 Å². The third-order valence-electron chi connectivity index (χ3n) is 5.45. The molecule has 22 heavy (non-hydrogen) atoms. The van der Waals surface area contributed by atoms with Crippen LogP contribution in [0.4, 0.5) is 0 Å². The van der Waals surface area contributed by atoms with E-state index in [0.717, 1.165) is 19.4 Å². The van der Waals surface area contributed by atoms with Crippen LogP contribution in [0.3, 0.4) is 0 Å². The van der Waals surface area contributed by atoms with Gasteiger partial charge in [0.05, 0.1) is 7.11 Å². The lowest BCUT2D eigenvalue weighted by Gasteiger charge is -2.45. The molecule has 0 saturated carbocycles. The molecule has 1 aromatic carbocycles. The first-order valence-electron chi connectivity index (χ1n) is 8.05. The molecular formula is C18H23NO3. The van der Waals surface area contributed by atoms with Crippen LogP contribution in [0.2, 0.25) is 0 Å². The minimum Gasteiger partial charge on any atom is -0.468 e. The first kappa shape index (κ1) is 15.2. The van der Waals surface area contributed by atoms with Crippen molar-refractivity contribution in [3.8, 4) is 0 Å². The minimum absolute atomic E-state index is 0.0311. The van der Waals surface area contributed by atoms with Crippen LogP contribution in [-0.2, 0) is 20.9 Å². The fourth-order valence-corrected chi connectivity index (χ4v) is 4.31. The van der Waals surface area contributed by atoms with Crippen LogP contribution in [0.1, 0.15) is 38.2 Å². The standard InChI is InChI=1S/C18H23NO3/c1-3-18(17(21)22-2)15-10-9-14(11-16(18)20)19(15)12-13-7-5-4-6-8-13/h4-8,14-15H,3,9-12H2,1-2H3. The lowest BCUT2D eigenvalue weighted by molar-refractivity contribution is -0.167.